The van der Waals surface area contributed by atoms with Crippen molar-refractivity contribution < 1.29 is 14.0 Å². The average molecular weight is 263 g/mol. The van der Waals surface area contributed by atoms with Crippen molar-refractivity contribution in [2.24, 2.45) is 0 Å². The number of ketones is 2. The minimum absolute atomic E-state index is 0.0492. The van der Waals surface area contributed by atoms with Crippen LogP contribution < -0.4 is 0 Å². The van der Waals surface area contributed by atoms with Gasteiger partial charge in [-0.15, -0.1) is 0 Å². The molecule has 1 heterocycles. The molecule has 4 heteroatoms. The molecule has 0 saturated carbocycles. The molecule has 0 atom stereocenters. The highest BCUT2D eigenvalue weighted by Gasteiger charge is 2.15. The zero-order valence-corrected chi connectivity index (χ0v) is 10.9. The SMILES string of the molecule is O=C1CCN(CCCC(=O)c2ccc(F)cc2)CC1. The number of carbonyl (C=O) groups is 2. The molecule has 2 rings (SSSR count). The summed E-state index contributed by atoms with van der Waals surface area (Å²) < 4.78 is 12.7. The van der Waals surface area contributed by atoms with Gasteiger partial charge >= 0.3 is 0 Å². The van der Waals surface area contributed by atoms with Crippen LogP contribution in [0.3, 0.4) is 0 Å². The molecule has 1 aliphatic rings. The van der Waals surface area contributed by atoms with E-state index in [1.54, 1.807) is 0 Å². The maximum absolute atomic E-state index is 12.7. The van der Waals surface area contributed by atoms with Crippen molar-refractivity contribution in [2.75, 3.05) is 19.6 Å². The number of hydrogen-bond acceptors (Lipinski definition) is 3. The minimum Gasteiger partial charge on any atom is -0.302 e. The van der Waals surface area contributed by atoms with Gasteiger partial charge in [0.2, 0.25) is 0 Å². The second-order valence-corrected chi connectivity index (χ2v) is 4.91. The third kappa shape index (κ3) is 4.24. The number of rotatable bonds is 5. The number of carbonyl (C=O) groups excluding carboxylic acids is 2. The summed E-state index contributed by atoms with van der Waals surface area (Å²) in [5.74, 6) is 0.0567. The van der Waals surface area contributed by atoms with Crippen molar-refractivity contribution in [1.82, 2.24) is 4.90 Å². The fraction of sp³-hybridized carbons (Fsp3) is 0.467. The number of likely N-dealkylation sites (tertiary alicyclic amines) is 1. The number of halogens is 1. The van der Waals surface area contributed by atoms with Crippen molar-refractivity contribution in [3.05, 3.63) is 35.6 Å². The number of nitrogens with zero attached hydrogens (tertiary/aromatic N) is 1. The van der Waals surface area contributed by atoms with Gasteiger partial charge in [0.1, 0.15) is 11.6 Å². The molecule has 0 radical (unpaired) electrons. The summed E-state index contributed by atoms with van der Waals surface area (Å²) in [5.41, 5.74) is 0.565. The summed E-state index contributed by atoms with van der Waals surface area (Å²) >= 11 is 0. The van der Waals surface area contributed by atoms with E-state index >= 15 is 0 Å². The van der Waals surface area contributed by atoms with Crippen LogP contribution in [-0.2, 0) is 4.79 Å². The summed E-state index contributed by atoms with van der Waals surface area (Å²) in [4.78, 5) is 25.2. The highest BCUT2D eigenvalue weighted by molar-refractivity contribution is 5.95. The first kappa shape index (κ1) is 13.9. The van der Waals surface area contributed by atoms with Gasteiger partial charge < -0.3 is 4.90 Å². The van der Waals surface area contributed by atoms with Crippen LogP contribution >= 0.6 is 0 Å². The molecule has 3 nitrogen and oxygen atoms in total. The first-order valence-corrected chi connectivity index (χ1v) is 6.68. The molecule has 0 aliphatic carbocycles. The monoisotopic (exact) mass is 263 g/mol. The molecule has 1 aromatic rings. The molecular formula is C15H18FNO2. The Labute approximate surface area is 112 Å². The van der Waals surface area contributed by atoms with Gasteiger partial charge in [-0.05, 0) is 37.2 Å². The Morgan fingerprint density at radius 2 is 1.79 bits per heavy atom. The van der Waals surface area contributed by atoms with Crippen LogP contribution in [0, 0.1) is 5.82 Å². The minimum atomic E-state index is -0.325. The van der Waals surface area contributed by atoms with Crippen LogP contribution in [0.5, 0.6) is 0 Å². The van der Waals surface area contributed by atoms with Gasteiger partial charge in [-0.2, -0.15) is 0 Å². The predicted molar refractivity (Wildman–Crippen MR) is 70.6 cm³/mol. The zero-order valence-electron chi connectivity index (χ0n) is 10.9. The lowest BCUT2D eigenvalue weighted by Crippen LogP contribution is -2.34. The average Bonchev–Trinajstić information content (AvgIpc) is 2.41. The van der Waals surface area contributed by atoms with Crippen LogP contribution in [0.25, 0.3) is 0 Å². The molecule has 1 fully saturated rings. The van der Waals surface area contributed by atoms with Crippen LogP contribution in [0.1, 0.15) is 36.0 Å². The highest BCUT2D eigenvalue weighted by Crippen LogP contribution is 2.10. The Morgan fingerprint density at radius 1 is 1.16 bits per heavy atom. The second-order valence-electron chi connectivity index (χ2n) is 4.91. The summed E-state index contributed by atoms with van der Waals surface area (Å²) in [5, 5.41) is 0. The Bertz CT molecular complexity index is 446. The number of hydrogen-bond donors (Lipinski definition) is 0. The molecule has 1 aliphatic heterocycles. The van der Waals surface area contributed by atoms with E-state index in [4.69, 9.17) is 0 Å². The molecule has 0 spiro atoms. The van der Waals surface area contributed by atoms with Crippen molar-refractivity contribution in [3.63, 3.8) is 0 Å². The highest BCUT2D eigenvalue weighted by atomic mass is 19.1. The van der Waals surface area contributed by atoms with Crippen LogP contribution in [-0.4, -0.2) is 36.1 Å². The van der Waals surface area contributed by atoms with E-state index in [1.807, 2.05) is 0 Å². The Morgan fingerprint density at radius 3 is 2.42 bits per heavy atom. The summed E-state index contributed by atoms with van der Waals surface area (Å²) in [6, 6.07) is 5.67. The van der Waals surface area contributed by atoms with Gasteiger partial charge in [0.15, 0.2) is 5.78 Å². The number of piperidine rings is 1. The predicted octanol–water partition coefficient (Wildman–Crippen LogP) is 2.45. The van der Waals surface area contributed by atoms with Crippen molar-refractivity contribution in [2.45, 2.75) is 25.7 Å². The third-order valence-electron chi connectivity index (χ3n) is 3.46. The molecule has 0 aromatic heterocycles. The van der Waals surface area contributed by atoms with Gasteiger partial charge in [0.05, 0.1) is 0 Å². The van der Waals surface area contributed by atoms with Crippen molar-refractivity contribution in [1.29, 1.82) is 0 Å². The smallest absolute Gasteiger partial charge is 0.162 e. The standard InChI is InChI=1S/C15H18FNO2/c16-13-5-3-12(4-6-13)15(19)2-1-9-17-10-7-14(18)8-11-17/h3-6H,1-2,7-11H2. The van der Waals surface area contributed by atoms with Gasteiger partial charge in [0.25, 0.3) is 0 Å². The Balaban J connectivity index is 1.72. The van der Waals surface area contributed by atoms with E-state index in [9.17, 15) is 14.0 Å². The molecule has 0 bridgehead atoms. The van der Waals surface area contributed by atoms with Gasteiger partial charge in [-0.3, -0.25) is 9.59 Å². The zero-order chi connectivity index (χ0) is 13.7. The van der Waals surface area contributed by atoms with E-state index in [0.717, 1.165) is 26.1 Å². The fourth-order valence-electron chi connectivity index (χ4n) is 2.27. The van der Waals surface area contributed by atoms with E-state index in [2.05, 4.69) is 4.90 Å². The Kier molecular flexibility index (Phi) is 4.80. The molecule has 1 saturated heterocycles. The molecule has 0 amide bonds. The van der Waals surface area contributed by atoms with Crippen LogP contribution in [0.2, 0.25) is 0 Å². The molecule has 0 N–H and O–H groups in total. The lowest BCUT2D eigenvalue weighted by atomic mass is 10.1. The lowest BCUT2D eigenvalue weighted by Gasteiger charge is -2.25. The third-order valence-corrected chi connectivity index (χ3v) is 3.46. The molecule has 19 heavy (non-hydrogen) atoms. The topological polar surface area (TPSA) is 37.4 Å². The summed E-state index contributed by atoms with van der Waals surface area (Å²) in [6.07, 6.45) is 2.51. The van der Waals surface area contributed by atoms with Crippen LogP contribution in [0.15, 0.2) is 24.3 Å². The summed E-state index contributed by atoms with van der Waals surface area (Å²) in [7, 11) is 0. The molecular weight excluding hydrogens is 245 g/mol. The quantitative estimate of drug-likeness (QED) is 0.766. The molecule has 102 valence electrons. The van der Waals surface area contributed by atoms with Crippen LogP contribution in [0.4, 0.5) is 4.39 Å². The molecule has 0 unspecified atom stereocenters. The number of benzene rings is 1. The largest absolute Gasteiger partial charge is 0.302 e. The van der Waals surface area contributed by atoms with Gasteiger partial charge in [0, 0.05) is 37.9 Å². The summed E-state index contributed by atoms with van der Waals surface area (Å²) in [6.45, 7) is 2.47. The maximum Gasteiger partial charge on any atom is 0.162 e. The first-order valence-electron chi connectivity index (χ1n) is 6.68. The van der Waals surface area contributed by atoms with Crippen molar-refractivity contribution in [3.8, 4) is 0 Å². The second kappa shape index (κ2) is 6.57. The van der Waals surface area contributed by atoms with E-state index in [0.29, 0.717) is 30.6 Å². The van der Waals surface area contributed by atoms with Crippen molar-refractivity contribution >= 4 is 11.6 Å². The van der Waals surface area contributed by atoms with E-state index in [-0.39, 0.29) is 11.6 Å². The molecule has 1 aromatic carbocycles. The van der Waals surface area contributed by atoms with Gasteiger partial charge in [-0.25, -0.2) is 4.39 Å². The van der Waals surface area contributed by atoms with E-state index in [1.165, 1.54) is 24.3 Å². The lowest BCUT2D eigenvalue weighted by molar-refractivity contribution is -0.121. The van der Waals surface area contributed by atoms with E-state index < -0.39 is 0 Å². The van der Waals surface area contributed by atoms with Gasteiger partial charge in [-0.1, -0.05) is 0 Å². The maximum atomic E-state index is 12.7. The Hall–Kier alpha value is -1.55. The first-order chi connectivity index (χ1) is 9.15. The fourth-order valence-corrected chi connectivity index (χ4v) is 2.27. The normalized spacial score (nSPS) is 16.6. The number of Topliss-reactive ketones (excluding diaryl/α,β-unsaturated/α-hetero) is 2.